The average molecular weight is 447 g/mol. The number of piperazine rings is 1. The van der Waals surface area contributed by atoms with E-state index < -0.39 is 16.1 Å². The third kappa shape index (κ3) is 3.69. The normalized spacial score (nSPS) is 20.4. The Labute approximate surface area is 171 Å². The van der Waals surface area contributed by atoms with Gasteiger partial charge in [0, 0.05) is 37.6 Å². The molecule has 6 nitrogen and oxygen atoms in total. The number of fused-ring (bicyclic) bond motifs is 1. The molecular formula is C17H16Cl2N2O4S2. The van der Waals surface area contributed by atoms with E-state index in [-0.39, 0.29) is 23.2 Å². The molecule has 1 amide bonds. The van der Waals surface area contributed by atoms with Gasteiger partial charge in [0.15, 0.2) is 6.10 Å². The fourth-order valence-electron chi connectivity index (χ4n) is 3.27. The molecule has 4 rings (SSSR count). The number of halogens is 2. The lowest BCUT2D eigenvalue weighted by atomic mass is 10.1. The van der Waals surface area contributed by atoms with E-state index >= 15 is 0 Å². The van der Waals surface area contributed by atoms with Crippen LogP contribution < -0.4 is 4.74 Å². The molecule has 0 aliphatic carbocycles. The van der Waals surface area contributed by atoms with Crippen LogP contribution in [-0.4, -0.2) is 55.8 Å². The van der Waals surface area contributed by atoms with E-state index in [9.17, 15) is 13.2 Å². The maximum Gasteiger partial charge on any atom is 0.264 e. The van der Waals surface area contributed by atoms with Gasteiger partial charge in [-0.25, -0.2) is 8.42 Å². The van der Waals surface area contributed by atoms with Crippen molar-refractivity contribution in [1.82, 2.24) is 9.21 Å². The zero-order valence-corrected chi connectivity index (χ0v) is 17.2. The molecule has 1 unspecified atom stereocenters. The molecule has 0 bridgehead atoms. The molecule has 1 fully saturated rings. The van der Waals surface area contributed by atoms with Crippen molar-refractivity contribution in [3.63, 3.8) is 0 Å². The minimum atomic E-state index is -3.57. The Hall–Kier alpha value is -1.32. The van der Waals surface area contributed by atoms with Crippen LogP contribution in [0.25, 0.3) is 0 Å². The van der Waals surface area contributed by atoms with Gasteiger partial charge in [-0.05, 0) is 35.9 Å². The molecule has 2 aliphatic rings. The Morgan fingerprint density at radius 3 is 2.52 bits per heavy atom. The molecule has 0 radical (unpaired) electrons. The molecule has 0 N–H and O–H groups in total. The topological polar surface area (TPSA) is 66.9 Å². The fraction of sp³-hybridized carbons (Fsp3) is 0.353. The first-order chi connectivity index (χ1) is 12.8. The lowest BCUT2D eigenvalue weighted by Gasteiger charge is -2.34. The summed E-state index contributed by atoms with van der Waals surface area (Å²) in [6, 6.07) is 8.38. The summed E-state index contributed by atoms with van der Waals surface area (Å²) in [5.41, 5.74) is 0.914. The summed E-state index contributed by atoms with van der Waals surface area (Å²) in [6.07, 6.45) is -0.112. The zero-order valence-electron chi connectivity index (χ0n) is 14.1. The SMILES string of the molecule is O=C(C1Cc2cc(Cl)ccc2O1)N1CCN(S(=O)(=O)c2ccc(Cl)s2)CC1. The molecule has 0 saturated carbocycles. The highest BCUT2D eigenvalue weighted by atomic mass is 35.5. The molecular weight excluding hydrogens is 431 g/mol. The van der Waals surface area contributed by atoms with Crippen molar-refractivity contribution in [3.05, 3.63) is 45.3 Å². The first-order valence-corrected chi connectivity index (χ1v) is 11.4. The van der Waals surface area contributed by atoms with E-state index in [1.165, 1.54) is 10.4 Å². The highest BCUT2D eigenvalue weighted by Gasteiger charge is 2.36. The number of nitrogens with zero attached hydrogens (tertiary/aromatic N) is 2. The van der Waals surface area contributed by atoms with Gasteiger partial charge in [0.05, 0.1) is 4.34 Å². The second-order valence-corrected chi connectivity index (χ2v) is 10.7. The lowest BCUT2D eigenvalue weighted by molar-refractivity contribution is -0.139. The van der Waals surface area contributed by atoms with Crippen LogP contribution in [-0.2, 0) is 21.2 Å². The molecule has 1 saturated heterocycles. The number of ether oxygens (including phenoxy) is 1. The predicted molar refractivity (Wildman–Crippen MR) is 104 cm³/mol. The Bertz CT molecular complexity index is 985. The van der Waals surface area contributed by atoms with Crippen molar-refractivity contribution < 1.29 is 17.9 Å². The van der Waals surface area contributed by atoms with Crippen LogP contribution in [0.2, 0.25) is 9.36 Å². The van der Waals surface area contributed by atoms with Crippen LogP contribution in [0.4, 0.5) is 0 Å². The van der Waals surface area contributed by atoms with E-state index in [1.807, 2.05) is 0 Å². The molecule has 1 aromatic heterocycles. The van der Waals surface area contributed by atoms with Crippen molar-refractivity contribution in [1.29, 1.82) is 0 Å². The molecule has 1 atom stereocenters. The van der Waals surface area contributed by atoms with Gasteiger partial charge in [-0.3, -0.25) is 4.79 Å². The number of amides is 1. The lowest BCUT2D eigenvalue weighted by Crippen LogP contribution is -2.53. The summed E-state index contributed by atoms with van der Waals surface area (Å²) >= 11 is 12.9. The van der Waals surface area contributed by atoms with Crippen LogP contribution in [0, 0.1) is 0 Å². The van der Waals surface area contributed by atoms with Crippen molar-refractivity contribution in [2.75, 3.05) is 26.2 Å². The Morgan fingerprint density at radius 2 is 1.85 bits per heavy atom. The summed E-state index contributed by atoms with van der Waals surface area (Å²) in [5.74, 6) is 0.548. The first-order valence-electron chi connectivity index (χ1n) is 8.34. The van der Waals surface area contributed by atoms with E-state index in [2.05, 4.69) is 0 Å². The Kier molecular flexibility index (Phi) is 5.11. The highest BCUT2D eigenvalue weighted by molar-refractivity contribution is 7.91. The summed E-state index contributed by atoms with van der Waals surface area (Å²) in [7, 11) is -3.57. The number of hydrogen-bond acceptors (Lipinski definition) is 5. The monoisotopic (exact) mass is 446 g/mol. The van der Waals surface area contributed by atoms with E-state index in [1.54, 1.807) is 29.2 Å². The standard InChI is InChI=1S/C17H16Cl2N2O4S2/c18-12-1-2-13-11(9-12)10-14(25-13)17(22)20-5-7-21(8-6-20)27(23,24)16-4-3-15(19)26-16/h1-4,9,14H,5-8,10H2. The number of thiophene rings is 1. The van der Waals surface area contributed by atoms with Gasteiger partial charge >= 0.3 is 0 Å². The summed E-state index contributed by atoms with van der Waals surface area (Å²) in [5, 5.41) is 0.609. The predicted octanol–water partition coefficient (Wildman–Crippen LogP) is 2.89. The van der Waals surface area contributed by atoms with E-state index in [0.717, 1.165) is 16.9 Å². The van der Waals surface area contributed by atoms with Crippen molar-refractivity contribution in [3.8, 4) is 5.75 Å². The van der Waals surface area contributed by atoms with Crippen LogP contribution >= 0.6 is 34.5 Å². The second-order valence-electron chi connectivity index (χ2n) is 6.35. The Balaban J connectivity index is 1.39. The average Bonchev–Trinajstić information content (AvgIpc) is 3.27. The van der Waals surface area contributed by atoms with Crippen molar-refractivity contribution in [2.45, 2.75) is 16.7 Å². The van der Waals surface area contributed by atoms with Crippen LogP contribution in [0.5, 0.6) is 5.75 Å². The van der Waals surface area contributed by atoms with Gasteiger partial charge in [0.1, 0.15) is 9.96 Å². The molecule has 3 heterocycles. The minimum absolute atomic E-state index is 0.126. The number of rotatable bonds is 3. The number of carbonyl (C=O) groups excluding carboxylic acids is 1. The number of hydrogen-bond donors (Lipinski definition) is 0. The molecule has 1 aromatic carbocycles. The quantitative estimate of drug-likeness (QED) is 0.726. The number of benzene rings is 1. The molecule has 144 valence electrons. The maximum absolute atomic E-state index is 12.8. The third-order valence-electron chi connectivity index (χ3n) is 4.67. The third-order valence-corrected chi connectivity index (χ3v) is 8.50. The maximum atomic E-state index is 12.8. The summed E-state index contributed by atoms with van der Waals surface area (Å²) < 4.78 is 33.1. The Morgan fingerprint density at radius 1 is 1.11 bits per heavy atom. The molecule has 0 spiro atoms. The van der Waals surface area contributed by atoms with Gasteiger partial charge in [0.2, 0.25) is 0 Å². The van der Waals surface area contributed by atoms with Gasteiger partial charge in [0.25, 0.3) is 15.9 Å². The molecule has 27 heavy (non-hydrogen) atoms. The van der Waals surface area contributed by atoms with Crippen LogP contribution in [0.1, 0.15) is 5.56 Å². The van der Waals surface area contributed by atoms with Crippen LogP contribution in [0.3, 0.4) is 0 Å². The molecule has 10 heteroatoms. The van der Waals surface area contributed by atoms with Gasteiger partial charge in [-0.1, -0.05) is 23.2 Å². The second kappa shape index (κ2) is 7.25. The van der Waals surface area contributed by atoms with Gasteiger partial charge in [-0.2, -0.15) is 4.31 Å². The molecule has 2 aromatic rings. The van der Waals surface area contributed by atoms with Crippen molar-refractivity contribution in [2.24, 2.45) is 0 Å². The zero-order chi connectivity index (χ0) is 19.2. The van der Waals surface area contributed by atoms with Crippen molar-refractivity contribution >= 4 is 50.5 Å². The summed E-state index contributed by atoms with van der Waals surface area (Å²) in [6.45, 7) is 1.15. The minimum Gasteiger partial charge on any atom is -0.480 e. The van der Waals surface area contributed by atoms with Gasteiger partial charge < -0.3 is 9.64 Å². The highest BCUT2D eigenvalue weighted by Crippen LogP contribution is 2.32. The van der Waals surface area contributed by atoms with E-state index in [0.29, 0.717) is 34.6 Å². The molecule has 2 aliphatic heterocycles. The fourth-order valence-corrected chi connectivity index (χ4v) is 6.52. The number of carbonyl (C=O) groups is 1. The smallest absolute Gasteiger partial charge is 0.264 e. The van der Waals surface area contributed by atoms with E-state index in [4.69, 9.17) is 27.9 Å². The van der Waals surface area contributed by atoms with Crippen LogP contribution in [0.15, 0.2) is 34.5 Å². The van der Waals surface area contributed by atoms with Gasteiger partial charge in [-0.15, -0.1) is 11.3 Å². The largest absolute Gasteiger partial charge is 0.480 e. The summed E-state index contributed by atoms with van der Waals surface area (Å²) in [4.78, 5) is 14.4. The number of sulfonamides is 1. The first kappa shape index (κ1) is 19.0.